The lowest BCUT2D eigenvalue weighted by atomic mass is 9.90. The molecule has 0 spiro atoms. The zero-order chi connectivity index (χ0) is 25.2. The molecular formula is C32H33NO4. The molecule has 37 heavy (non-hydrogen) atoms. The van der Waals surface area contributed by atoms with E-state index >= 15 is 0 Å². The van der Waals surface area contributed by atoms with E-state index in [2.05, 4.69) is 47.8 Å². The van der Waals surface area contributed by atoms with Crippen LogP contribution in [-0.4, -0.2) is 23.3 Å². The van der Waals surface area contributed by atoms with Gasteiger partial charge < -0.3 is 19.9 Å². The lowest BCUT2D eigenvalue weighted by Crippen LogP contribution is -2.37. The number of aliphatic hydroxyl groups excluding tert-OH is 1. The molecule has 1 amide bonds. The summed E-state index contributed by atoms with van der Waals surface area (Å²) in [4.78, 5) is 13.2. The highest BCUT2D eigenvalue weighted by Gasteiger charge is 2.31. The van der Waals surface area contributed by atoms with E-state index in [1.807, 2.05) is 30.3 Å². The minimum Gasteiger partial charge on any atom is -0.459 e. The van der Waals surface area contributed by atoms with Crippen LogP contribution in [0.25, 0.3) is 11.1 Å². The molecule has 2 aliphatic carbocycles. The molecule has 0 unspecified atom stereocenters. The number of rotatable bonds is 7. The van der Waals surface area contributed by atoms with E-state index in [4.69, 9.17) is 9.47 Å². The Labute approximate surface area is 218 Å². The average molecular weight is 496 g/mol. The summed E-state index contributed by atoms with van der Waals surface area (Å²) in [6.45, 7) is 0.394. The largest absolute Gasteiger partial charge is 0.459 e. The third-order valence-corrected chi connectivity index (χ3v) is 7.86. The molecule has 3 aromatic rings. The van der Waals surface area contributed by atoms with Crippen LogP contribution in [0.2, 0.25) is 0 Å². The number of fused-ring (bicyclic) bond motifs is 3. The third-order valence-electron chi connectivity index (χ3n) is 7.86. The van der Waals surface area contributed by atoms with Gasteiger partial charge >= 0.3 is 0 Å². The first-order valence-corrected chi connectivity index (χ1v) is 13.4. The lowest BCUT2D eigenvalue weighted by Gasteiger charge is -2.30. The number of carbonyl (C=O) groups is 1. The summed E-state index contributed by atoms with van der Waals surface area (Å²) in [7, 11) is 0. The molecule has 0 aromatic heterocycles. The summed E-state index contributed by atoms with van der Waals surface area (Å²) in [6, 6.07) is 23.2. The molecule has 2 N–H and O–H groups in total. The second-order valence-electron chi connectivity index (χ2n) is 10.4. The fourth-order valence-corrected chi connectivity index (χ4v) is 5.80. The number of nitrogens with one attached hydrogen (secondary N) is 1. The van der Waals surface area contributed by atoms with Crippen LogP contribution >= 0.6 is 0 Å². The van der Waals surface area contributed by atoms with Crippen molar-refractivity contribution in [2.45, 2.75) is 70.0 Å². The summed E-state index contributed by atoms with van der Waals surface area (Å²) in [6.07, 6.45) is 7.39. The van der Waals surface area contributed by atoms with Gasteiger partial charge in [0.15, 0.2) is 5.76 Å². The van der Waals surface area contributed by atoms with Crippen molar-refractivity contribution in [3.8, 4) is 11.1 Å². The van der Waals surface area contributed by atoms with Crippen LogP contribution in [0.4, 0.5) is 0 Å². The highest BCUT2D eigenvalue weighted by Crippen LogP contribution is 2.40. The third kappa shape index (κ3) is 5.20. The quantitative estimate of drug-likeness (QED) is 0.343. The van der Waals surface area contributed by atoms with Gasteiger partial charge in [0.05, 0.1) is 13.2 Å². The number of ether oxygens (including phenoxy) is 2. The Kier molecular flexibility index (Phi) is 6.81. The Balaban J connectivity index is 1.22. The van der Waals surface area contributed by atoms with Crippen LogP contribution in [0.3, 0.4) is 0 Å². The molecule has 3 aromatic carbocycles. The highest BCUT2D eigenvalue weighted by molar-refractivity contribution is 5.92. The fraction of sp³-hybridized carbons (Fsp3) is 0.344. The highest BCUT2D eigenvalue weighted by atomic mass is 16.7. The van der Waals surface area contributed by atoms with Crippen LogP contribution in [-0.2, 0) is 33.9 Å². The van der Waals surface area contributed by atoms with Crippen molar-refractivity contribution in [3.63, 3.8) is 0 Å². The SMILES string of the molecule is O=C(NC1CCCC1)C1=C[C@H](c2ccc3c(c2)Cc2ccccc2-3)C[C@H](OCc2ccc(CO)cc2)O1. The van der Waals surface area contributed by atoms with Crippen LogP contribution in [0.5, 0.6) is 0 Å². The van der Waals surface area contributed by atoms with Gasteiger partial charge in [-0.1, -0.05) is 79.6 Å². The van der Waals surface area contributed by atoms with Crippen LogP contribution in [0, 0.1) is 0 Å². The standard InChI is InChI=1S/C32H33NO4/c34-19-21-9-11-22(12-10-21)20-36-31-18-25(17-30(37-31)32(35)33-27-6-2-3-7-27)23-13-14-29-26(15-23)16-24-5-1-4-8-28(24)29/h1,4-5,8-15,17,25,27,31,34H,2-3,6-7,16,18-20H2,(H,33,35)/t25-,31+/m0/s1. The minimum atomic E-state index is -0.526. The molecule has 3 aliphatic rings. The lowest BCUT2D eigenvalue weighted by molar-refractivity contribution is -0.150. The van der Waals surface area contributed by atoms with Gasteiger partial charge in [-0.25, -0.2) is 0 Å². The molecule has 2 atom stereocenters. The average Bonchev–Trinajstić information content (AvgIpc) is 3.59. The summed E-state index contributed by atoms with van der Waals surface area (Å²) in [5, 5.41) is 12.5. The minimum absolute atomic E-state index is 0.0185. The number of carbonyl (C=O) groups excluding carboxylic acids is 1. The molecular weight excluding hydrogens is 462 g/mol. The van der Waals surface area contributed by atoms with E-state index < -0.39 is 6.29 Å². The molecule has 1 heterocycles. The van der Waals surface area contributed by atoms with Gasteiger partial charge in [-0.05, 0) is 64.3 Å². The first-order valence-electron chi connectivity index (χ1n) is 13.4. The Morgan fingerprint density at radius 3 is 2.51 bits per heavy atom. The van der Waals surface area contributed by atoms with Crippen molar-refractivity contribution in [3.05, 3.63) is 106 Å². The number of amides is 1. The van der Waals surface area contributed by atoms with Crippen molar-refractivity contribution < 1.29 is 19.4 Å². The van der Waals surface area contributed by atoms with E-state index in [1.165, 1.54) is 27.8 Å². The van der Waals surface area contributed by atoms with Gasteiger partial charge in [-0.3, -0.25) is 4.79 Å². The van der Waals surface area contributed by atoms with Crippen molar-refractivity contribution >= 4 is 5.91 Å². The van der Waals surface area contributed by atoms with Gasteiger partial charge in [0.2, 0.25) is 6.29 Å². The Morgan fingerprint density at radius 2 is 1.70 bits per heavy atom. The molecule has 5 nitrogen and oxygen atoms in total. The molecule has 0 saturated heterocycles. The number of allylic oxidation sites excluding steroid dienone is 1. The van der Waals surface area contributed by atoms with E-state index in [0.29, 0.717) is 18.8 Å². The van der Waals surface area contributed by atoms with E-state index in [0.717, 1.165) is 43.2 Å². The van der Waals surface area contributed by atoms with Gasteiger partial charge in [-0.2, -0.15) is 0 Å². The van der Waals surface area contributed by atoms with E-state index in [1.54, 1.807) is 0 Å². The Bertz CT molecular complexity index is 1310. The number of hydrogen-bond donors (Lipinski definition) is 2. The van der Waals surface area contributed by atoms with Crippen molar-refractivity contribution in [1.82, 2.24) is 5.32 Å². The maximum Gasteiger partial charge on any atom is 0.286 e. The predicted octanol–water partition coefficient (Wildman–Crippen LogP) is 5.74. The first-order chi connectivity index (χ1) is 18.2. The molecule has 1 aliphatic heterocycles. The van der Waals surface area contributed by atoms with Gasteiger partial charge in [0, 0.05) is 18.4 Å². The number of hydrogen-bond acceptors (Lipinski definition) is 4. The summed E-state index contributed by atoms with van der Waals surface area (Å²) in [5.74, 6) is 0.229. The summed E-state index contributed by atoms with van der Waals surface area (Å²) < 4.78 is 12.3. The van der Waals surface area contributed by atoms with Gasteiger partial charge in [0.25, 0.3) is 5.91 Å². The maximum atomic E-state index is 13.2. The van der Waals surface area contributed by atoms with Crippen LogP contribution in [0.1, 0.15) is 65.8 Å². The molecule has 1 fully saturated rings. The van der Waals surface area contributed by atoms with Crippen molar-refractivity contribution in [2.24, 2.45) is 0 Å². The molecule has 1 saturated carbocycles. The molecule has 0 bridgehead atoms. The monoisotopic (exact) mass is 495 g/mol. The topological polar surface area (TPSA) is 67.8 Å². The Morgan fingerprint density at radius 1 is 0.946 bits per heavy atom. The first kappa shape index (κ1) is 24.0. The second kappa shape index (κ2) is 10.5. The van der Waals surface area contributed by atoms with Crippen molar-refractivity contribution in [1.29, 1.82) is 0 Å². The number of benzene rings is 3. The molecule has 0 radical (unpaired) electrons. The fourth-order valence-electron chi connectivity index (χ4n) is 5.80. The maximum absolute atomic E-state index is 13.2. The Hall–Kier alpha value is -3.41. The summed E-state index contributed by atoms with van der Waals surface area (Å²) >= 11 is 0. The van der Waals surface area contributed by atoms with Crippen LogP contribution < -0.4 is 5.32 Å². The normalized spacial score (nSPS) is 20.6. The smallest absolute Gasteiger partial charge is 0.286 e. The molecule has 5 heteroatoms. The van der Waals surface area contributed by atoms with Gasteiger partial charge in [0.1, 0.15) is 0 Å². The second-order valence-corrected chi connectivity index (χ2v) is 10.4. The van der Waals surface area contributed by atoms with E-state index in [-0.39, 0.29) is 24.5 Å². The summed E-state index contributed by atoms with van der Waals surface area (Å²) in [5.41, 5.74) is 8.36. The van der Waals surface area contributed by atoms with Crippen molar-refractivity contribution in [2.75, 3.05) is 0 Å². The van der Waals surface area contributed by atoms with Gasteiger partial charge in [-0.15, -0.1) is 0 Å². The van der Waals surface area contributed by atoms with Crippen LogP contribution in [0.15, 0.2) is 78.6 Å². The zero-order valence-electron chi connectivity index (χ0n) is 21.0. The number of aliphatic hydroxyl groups is 1. The molecule has 6 rings (SSSR count). The predicted molar refractivity (Wildman–Crippen MR) is 143 cm³/mol. The molecule has 190 valence electrons. The van der Waals surface area contributed by atoms with E-state index in [9.17, 15) is 9.90 Å². The zero-order valence-corrected chi connectivity index (χ0v) is 21.0.